The van der Waals surface area contributed by atoms with Gasteiger partial charge in [0.15, 0.2) is 0 Å². The molecule has 7 heteroatoms. The summed E-state index contributed by atoms with van der Waals surface area (Å²) in [6.45, 7) is 0. The first-order valence-corrected chi connectivity index (χ1v) is 5.52. The van der Waals surface area contributed by atoms with Crippen molar-refractivity contribution in [3.8, 4) is 11.5 Å². The molecule has 102 valence electrons. The van der Waals surface area contributed by atoms with E-state index in [1.807, 2.05) is 0 Å². The summed E-state index contributed by atoms with van der Waals surface area (Å²) in [5.74, 6) is -0.481. The number of rotatable bonds is 4. The van der Waals surface area contributed by atoms with Crippen LogP contribution < -0.4 is 10.5 Å². The average molecular weight is 274 g/mol. The SMILES string of the molecule is Nc1cc(Oc2ccc(C(=O)O)cc2)cc([N+](=O)[O-])c1. The predicted molar refractivity (Wildman–Crippen MR) is 71.0 cm³/mol. The Morgan fingerprint density at radius 1 is 1.15 bits per heavy atom. The van der Waals surface area contributed by atoms with Crippen LogP contribution in [0.2, 0.25) is 0 Å². The number of carboxylic acid groups (broad SMARTS) is 1. The Kier molecular flexibility index (Phi) is 3.52. The molecule has 0 spiro atoms. The number of nitrogen functional groups attached to an aromatic ring is 1. The summed E-state index contributed by atoms with van der Waals surface area (Å²) < 4.78 is 5.41. The first-order chi connectivity index (χ1) is 9.45. The summed E-state index contributed by atoms with van der Waals surface area (Å²) in [6.07, 6.45) is 0. The van der Waals surface area contributed by atoms with Gasteiger partial charge in [0, 0.05) is 17.8 Å². The van der Waals surface area contributed by atoms with Crippen molar-refractivity contribution in [2.24, 2.45) is 0 Å². The Morgan fingerprint density at radius 2 is 1.80 bits per heavy atom. The molecule has 7 nitrogen and oxygen atoms in total. The monoisotopic (exact) mass is 274 g/mol. The van der Waals surface area contributed by atoms with Crippen LogP contribution in [0.15, 0.2) is 42.5 Å². The van der Waals surface area contributed by atoms with Gasteiger partial charge in [0.05, 0.1) is 16.6 Å². The van der Waals surface area contributed by atoms with Gasteiger partial charge in [-0.15, -0.1) is 0 Å². The van der Waals surface area contributed by atoms with Crippen LogP contribution in [0.3, 0.4) is 0 Å². The summed E-state index contributed by atoms with van der Waals surface area (Å²) in [4.78, 5) is 20.8. The van der Waals surface area contributed by atoms with Gasteiger partial charge in [-0.2, -0.15) is 0 Å². The molecule has 0 aliphatic rings. The van der Waals surface area contributed by atoms with Crippen molar-refractivity contribution in [1.29, 1.82) is 0 Å². The molecule has 0 bridgehead atoms. The molecule has 2 aromatic carbocycles. The molecular formula is C13H10N2O5. The lowest BCUT2D eigenvalue weighted by Crippen LogP contribution is -1.96. The molecule has 0 atom stereocenters. The highest BCUT2D eigenvalue weighted by Crippen LogP contribution is 2.28. The molecule has 0 aliphatic heterocycles. The number of non-ortho nitro benzene ring substituents is 1. The van der Waals surface area contributed by atoms with E-state index in [0.29, 0.717) is 5.75 Å². The number of aromatic carboxylic acids is 1. The van der Waals surface area contributed by atoms with Gasteiger partial charge in [0.2, 0.25) is 0 Å². The topological polar surface area (TPSA) is 116 Å². The zero-order valence-electron chi connectivity index (χ0n) is 10.1. The highest BCUT2D eigenvalue weighted by atomic mass is 16.6. The van der Waals surface area contributed by atoms with Crippen molar-refractivity contribution in [1.82, 2.24) is 0 Å². The van der Waals surface area contributed by atoms with Crippen LogP contribution in [0.4, 0.5) is 11.4 Å². The molecular weight excluding hydrogens is 264 g/mol. The number of hydrogen-bond donors (Lipinski definition) is 2. The second-order valence-electron chi connectivity index (χ2n) is 3.95. The molecule has 0 saturated heterocycles. The quantitative estimate of drug-likeness (QED) is 0.503. The highest BCUT2D eigenvalue weighted by molar-refractivity contribution is 5.87. The molecule has 2 aromatic rings. The maximum Gasteiger partial charge on any atom is 0.335 e. The molecule has 0 unspecified atom stereocenters. The van der Waals surface area contributed by atoms with Gasteiger partial charge in [0.25, 0.3) is 5.69 Å². The van der Waals surface area contributed by atoms with Gasteiger partial charge in [0.1, 0.15) is 11.5 Å². The summed E-state index contributed by atoms with van der Waals surface area (Å²) in [7, 11) is 0. The Labute approximate surface area is 113 Å². The standard InChI is InChI=1S/C13H10N2O5/c14-9-5-10(15(18)19)7-12(6-9)20-11-3-1-8(2-4-11)13(16)17/h1-7H,14H2,(H,16,17). The molecule has 0 heterocycles. The van der Waals surface area contributed by atoms with Gasteiger partial charge in [-0.25, -0.2) is 4.79 Å². The van der Waals surface area contributed by atoms with Gasteiger partial charge >= 0.3 is 5.97 Å². The summed E-state index contributed by atoms with van der Waals surface area (Å²) in [6, 6.07) is 9.56. The first kappa shape index (κ1) is 13.3. The fourth-order valence-electron chi connectivity index (χ4n) is 1.57. The van der Waals surface area contributed by atoms with E-state index in [9.17, 15) is 14.9 Å². The molecule has 0 aromatic heterocycles. The van der Waals surface area contributed by atoms with Gasteiger partial charge in [-0.1, -0.05) is 0 Å². The minimum Gasteiger partial charge on any atom is -0.478 e. The lowest BCUT2D eigenvalue weighted by atomic mass is 10.2. The molecule has 0 amide bonds. The van der Waals surface area contributed by atoms with Crippen molar-refractivity contribution < 1.29 is 19.6 Å². The fraction of sp³-hybridized carbons (Fsp3) is 0. The Hall–Kier alpha value is -3.09. The lowest BCUT2D eigenvalue weighted by Gasteiger charge is -2.06. The molecule has 0 aliphatic carbocycles. The minimum absolute atomic E-state index is 0.121. The van der Waals surface area contributed by atoms with Gasteiger partial charge < -0.3 is 15.6 Å². The number of benzene rings is 2. The zero-order valence-corrected chi connectivity index (χ0v) is 10.1. The second-order valence-corrected chi connectivity index (χ2v) is 3.95. The number of nitro groups is 1. The van der Waals surface area contributed by atoms with E-state index in [0.717, 1.165) is 0 Å². The summed E-state index contributed by atoms with van der Waals surface area (Å²) in [5.41, 5.74) is 5.70. The van der Waals surface area contributed by atoms with Crippen molar-refractivity contribution in [2.75, 3.05) is 5.73 Å². The van der Waals surface area contributed by atoms with Gasteiger partial charge in [-0.3, -0.25) is 10.1 Å². The van der Waals surface area contributed by atoms with Gasteiger partial charge in [-0.05, 0) is 24.3 Å². The highest BCUT2D eigenvalue weighted by Gasteiger charge is 2.10. The number of nitrogens with zero attached hydrogens (tertiary/aromatic N) is 1. The minimum atomic E-state index is -1.05. The van der Waals surface area contributed by atoms with Crippen molar-refractivity contribution in [3.63, 3.8) is 0 Å². The van der Waals surface area contributed by atoms with Crippen LogP contribution in [-0.2, 0) is 0 Å². The molecule has 0 radical (unpaired) electrons. The number of nitro benzene ring substituents is 1. The number of ether oxygens (including phenoxy) is 1. The zero-order chi connectivity index (χ0) is 14.7. The third kappa shape index (κ3) is 3.02. The molecule has 3 N–H and O–H groups in total. The summed E-state index contributed by atoms with van der Waals surface area (Å²) in [5, 5.41) is 19.5. The predicted octanol–water partition coefficient (Wildman–Crippen LogP) is 2.67. The molecule has 2 rings (SSSR count). The lowest BCUT2D eigenvalue weighted by molar-refractivity contribution is -0.384. The van der Waals surface area contributed by atoms with Crippen molar-refractivity contribution >= 4 is 17.3 Å². The largest absolute Gasteiger partial charge is 0.478 e. The average Bonchev–Trinajstić information content (AvgIpc) is 2.38. The van der Waals surface area contributed by atoms with Crippen LogP contribution >= 0.6 is 0 Å². The molecule has 20 heavy (non-hydrogen) atoms. The second kappa shape index (κ2) is 5.27. The van der Waals surface area contributed by atoms with E-state index in [2.05, 4.69) is 0 Å². The van der Waals surface area contributed by atoms with Crippen LogP contribution in [0.5, 0.6) is 11.5 Å². The molecule has 0 fully saturated rings. The van der Waals surface area contributed by atoms with Crippen LogP contribution in [0, 0.1) is 10.1 Å². The third-order valence-corrected chi connectivity index (χ3v) is 2.46. The number of carbonyl (C=O) groups is 1. The number of anilines is 1. The normalized spacial score (nSPS) is 10.0. The van der Waals surface area contributed by atoms with E-state index < -0.39 is 10.9 Å². The van der Waals surface area contributed by atoms with Crippen molar-refractivity contribution in [2.45, 2.75) is 0 Å². The van der Waals surface area contributed by atoms with E-state index in [-0.39, 0.29) is 22.7 Å². The van der Waals surface area contributed by atoms with E-state index in [4.69, 9.17) is 15.6 Å². The van der Waals surface area contributed by atoms with E-state index >= 15 is 0 Å². The Bertz CT molecular complexity index is 667. The van der Waals surface area contributed by atoms with Crippen molar-refractivity contribution in [3.05, 3.63) is 58.1 Å². The fourth-order valence-corrected chi connectivity index (χ4v) is 1.57. The smallest absolute Gasteiger partial charge is 0.335 e. The molecule has 0 saturated carbocycles. The maximum absolute atomic E-state index is 10.7. The number of nitrogens with two attached hydrogens (primary N) is 1. The number of hydrogen-bond acceptors (Lipinski definition) is 5. The van der Waals surface area contributed by atoms with Crippen LogP contribution in [0.25, 0.3) is 0 Å². The van der Waals surface area contributed by atoms with E-state index in [1.165, 1.54) is 42.5 Å². The Balaban J connectivity index is 2.25. The van der Waals surface area contributed by atoms with Crippen LogP contribution in [-0.4, -0.2) is 16.0 Å². The maximum atomic E-state index is 10.7. The first-order valence-electron chi connectivity index (χ1n) is 5.52. The third-order valence-electron chi connectivity index (χ3n) is 2.46. The Morgan fingerprint density at radius 3 is 2.35 bits per heavy atom. The summed E-state index contributed by atoms with van der Waals surface area (Å²) >= 11 is 0. The number of carboxylic acids is 1. The van der Waals surface area contributed by atoms with E-state index in [1.54, 1.807) is 0 Å². The van der Waals surface area contributed by atoms with Crippen LogP contribution in [0.1, 0.15) is 10.4 Å².